The first-order chi connectivity index (χ1) is 11.8. The van der Waals surface area contributed by atoms with E-state index in [1.807, 2.05) is 31.2 Å². The lowest BCUT2D eigenvalue weighted by Crippen LogP contribution is -2.15. The summed E-state index contributed by atoms with van der Waals surface area (Å²) in [5, 5.41) is 15.1. The molecular formula is C18H21N3O3. The highest BCUT2D eigenvalue weighted by atomic mass is 16.5. The van der Waals surface area contributed by atoms with E-state index < -0.39 is 0 Å². The second-order valence-electron chi connectivity index (χ2n) is 6.21. The van der Waals surface area contributed by atoms with Gasteiger partial charge in [0.2, 0.25) is 0 Å². The molecule has 0 amide bonds. The van der Waals surface area contributed by atoms with E-state index in [1.54, 1.807) is 4.68 Å². The molecule has 1 aliphatic heterocycles. The second-order valence-corrected chi connectivity index (χ2v) is 6.21. The van der Waals surface area contributed by atoms with Crippen molar-refractivity contribution in [1.29, 1.82) is 0 Å². The van der Waals surface area contributed by atoms with Gasteiger partial charge >= 0.3 is 0 Å². The van der Waals surface area contributed by atoms with Crippen molar-refractivity contribution in [2.24, 2.45) is 0 Å². The van der Waals surface area contributed by atoms with Crippen LogP contribution in [0.5, 0.6) is 0 Å². The second kappa shape index (κ2) is 6.37. The monoisotopic (exact) mass is 327 g/mol. The third-order valence-corrected chi connectivity index (χ3v) is 4.49. The summed E-state index contributed by atoms with van der Waals surface area (Å²) in [6, 6.07) is 8.04. The minimum absolute atomic E-state index is 0.0245. The molecule has 0 saturated carbocycles. The molecule has 0 spiro atoms. The zero-order valence-electron chi connectivity index (χ0n) is 13.7. The summed E-state index contributed by atoms with van der Waals surface area (Å²) < 4.78 is 13.1. The normalized spacial score (nSPS) is 16.1. The minimum Gasteiger partial charge on any atom is -0.461 e. The number of aromatic nitrogens is 3. The van der Waals surface area contributed by atoms with Crippen LogP contribution in [0.2, 0.25) is 0 Å². The highest BCUT2D eigenvalue weighted by Crippen LogP contribution is 2.32. The van der Waals surface area contributed by atoms with Crippen molar-refractivity contribution in [2.75, 3.05) is 19.8 Å². The van der Waals surface area contributed by atoms with E-state index in [2.05, 4.69) is 5.10 Å². The number of ether oxygens (including phenoxy) is 1. The van der Waals surface area contributed by atoms with Crippen LogP contribution in [0.25, 0.3) is 22.4 Å². The molecule has 126 valence electrons. The van der Waals surface area contributed by atoms with Gasteiger partial charge in [-0.1, -0.05) is 12.1 Å². The average molecular weight is 327 g/mol. The van der Waals surface area contributed by atoms with Gasteiger partial charge < -0.3 is 14.3 Å². The summed E-state index contributed by atoms with van der Waals surface area (Å²) in [5.41, 5.74) is 1.74. The van der Waals surface area contributed by atoms with Crippen LogP contribution < -0.4 is 0 Å². The summed E-state index contributed by atoms with van der Waals surface area (Å²) in [7, 11) is 0. The zero-order chi connectivity index (χ0) is 16.5. The van der Waals surface area contributed by atoms with Crippen molar-refractivity contribution in [3.8, 4) is 11.4 Å². The highest BCUT2D eigenvalue weighted by Gasteiger charge is 2.23. The topological polar surface area (TPSA) is 73.3 Å². The Kier molecular flexibility index (Phi) is 4.08. The molecule has 6 heteroatoms. The van der Waals surface area contributed by atoms with Gasteiger partial charge in [0.05, 0.1) is 18.7 Å². The summed E-state index contributed by atoms with van der Waals surface area (Å²) in [6.45, 7) is 3.89. The van der Waals surface area contributed by atoms with Gasteiger partial charge in [-0.15, -0.1) is 0 Å². The predicted molar refractivity (Wildman–Crippen MR) is 89.8 cm³/mol. The highest BCUT2D eigenvalue weighted by molar-refractivity contribution is 5.91. The largest absolute Gasteiger partial charge is 0.461 e. The summed E-state index contributed by atoms with van der Waals surface area (Å²) >= 11 is 0. The van der Waals surface area contributed by atoms with Crippen molar-refractivity contribution in [3.05, 3.63) is 35.9 Å². The number of furan rings is 1. The molecule has 0 unspecified atom stereocenters. The Hall–Kier alpha value is -2.18. The van der Waals surface area contributed by atoms with E-state index in [4.69, 9.17) is 14.1 Å². The fourth-order valence-corrected chi connectivity index (χ4v) is 3.31. The number of benzene rings is 1. The van der Waals surface area contributed by atoms with Gasteiger partial charge in [-0.25, -0.2) is 9.67 Å². The molecule has 3 aromatic rings. The number of para-hydroxylation sites is 1. The maximum Gasteiger partial charge on any atom is 0.162 e. The van der Waals surface area contributed by atoms with E-state index in [0.29, 0.717) is 12.5 Å². The zero-order valence-corrected chi connectivity index (χ0v) is 13.7. The maximum absolute atomic E-state index is 9.40. The molecule has 6 nitrogen and oxygen atoms in total. The van der Waals surface area contributed by atoms with Crippen LogP contribution in [0.4, 0.5) is 0 Å². The number of rotatable bonds is 4. The van der Waals surface area contributed by atoms with Crippen molar-refractivity contribution in [1.82, 2.24) is 14.8 Å². The van der Waals surface area contributed by atoms with Gasteiger partial charge in [-0.05, 0) is 31.9 Å². The quantitative estimate of drug-likeness (QED) is 0.797. The SMILES string of the molecule is Cc1cc2cccc(-c3nc(C4CCOCC4)nn3CCO)c2o1. The first kappa shape index (κ1) is 15.4. The molecule has 0 atom stereocenters. The van der Waals surface area contributed by atoms with Gasteiger partial charge in [-0.2, -0.15) is 5.10 Å². The molecule has 24 heavy (non-hydrogen) atoms. The fourth-order valence-electron chi connectivity index (χ4n) is 3.31. The first-order valence-corrected chi connectivity index (χ1v) is 8.39. The molecule has 1 fully saturated rings. The maximum atomic E-state index is 9.40. The Balaban J connectivity index is 1.81. The van der Waals surface area contributed by atoms with Crippen LogP contribution in [-0.4, -0.2) is 39.7 Å². The van der Waals surface area contributed by atoms with Gasteiger partial charge in [0.25, 0.3) is 0 Å². The number of hydrogen-bond acceptors (Lipinski definition) is 5. The summed E-state index contributed by atoms with van der Waals surface area (Å²) in [6.07, 6.45) is 1.87. The number of hydrogen-bond donors (Lipinski definition) is 1. The van der Waals surface area contributed by atoms with E-state index in [0.717, 1.165) is 60.0 Å². The van der Waals surface area contributed by atoms with Crippen molar-refractivity contribution < 1.29 is 14.3 Å². The Labute approximate surface area is 140 Å². The Bertz CT molecular complexity index is 846. The third-order valence-electron chi connectivity index (χ3n) is 4.49. The standard InChI is InChI=1S/C18H21N3O3/c1-12-11-14-3-2-4-15(16(14)24-12)18-19-17(20-21(18)7-8-22)13-5-9-23-10-6-13/h2-4,11,13,22H,5-10H2,1H3. The van der Waals surface area contributed by atoms with Gasteiger partial charge in [-0.3, -0.25) is 0 Å². The van der Waals surface area contributed by atoms with Crippen molar-refractivity contribution >= 4 is 11.0 Å². The number of fused-ring (bicyclic) bond motifs is 1. The lowest BCUT2D eigenvalue weighted by molar-refractivity contribution is 0.0835. The van der Waals surface area contributed by atoms with Crippen LogP contribution in [0, 0.1) is 6.92 Å². The number of nitrogens with zero attached hydrogens (tertiary/aromatic N) is 3. The predicted octanol–water partition coefficient (Wildman–Crippen LogP) is 2.89. The Morgan fingerprint density at radius 1 is 1.29 bits per heavy atom. The van der Waals surface area contributed by atoms with Gasteiger partial charge in [0.1, 0.15) is 11.3 Å². The van der Waals surface area contributed by atoms with E-state index in [1.165, 1.54) is 0 Å². The molecule has 1 aliphatic rings. The van der Waals surface area contributed by atoms with E-state index in [9.17, 15) is 5.11 Å². The number of aliphatic hydroxyl groups excluding tert-OH is 1. The molecule has 0 aliphatic carbocycles. The summed E-state index contributed by atoms with van der Waals surface area (Å²) in [5.74, 6) is 2.78. The molecular weight excluding hydrogens is 306 g/mol. The fraction of sp³-hybridized carbons (Fsp3) is 0.444. The minimum atomic E-state index is 0.0245. The number of aliphatic hydroxyl groups is 1. The molecule has 0 radical (unpaired) electrons. The van der Waals surface area contributed by atoms with Crippen LogP contribution in [-0.2, 0) is 11.3 Å². The molecule has 3 heterocycles. The summed E-state index contributed by atoms with van der Waals surface area (Å²) in [4.78, 5) is 4.81. The molecule has 1 saturated heterocycles. The molecule has 4 rings (SSSR count). The smallest absolute Gasteiger partial charge is 0.162 e. The molecule has 1 aromatic carbocycles. The number of aryl methyl sites for hydroxylation is 1. The Morgan fingerprint density at radius 2 is 2.12 bits per heavy atom. The van der Waals surface area contributed by atoms with E-state index in [-0.39, 0.29) is 6.61 Å². The van der Waals surface area contributed by atoms with Gasteiger partial charge in [0.15, 0.2) is 11.6 Å². The van der Waals surface area contributed by atoms with Gasteiger partial charge in [0, 0.05) is 24.5 Å². The van der Waals surface area contributed by atoms with Crippen LogP contribution >= 0.6 is 0 Å². The van der Waals surface area contributed by atoms with Crippen LogP contribution in [0.1, 0.15) is 30.3 Å². The van der Waals surface area contributed by atoms with E-state index >= 15 is 0 Å². The van der Waals surface area contributed by atoms with Crippen molar-refractivity contribution in [3.63, 3.8) is 0 Å². The van der Waals surface area contributed by atoms with Crippen LogP contribution in [0.3, 0.4) is 0 Å². The lowest BCUT2D eigenvalue weighted by atomic mass is 10.00. The van der Waals surface area contributed by atoms with Crippen molar-refractivity contribution in [2.45, 2.75) is 32.2 Å². The third kappa shape index (κ3) is 2.72. The lowest BCUT2D eigenvalue weighted by Gasteiger charge is -2.18. The molecule has 2 aromatic heterocycles. The Morgan fingerprint density at radius 3 is 2.92 bits per heavy atom. The molecule has 0 bridgehead atoms. The average Bonchev–Trinajstić information content (AvgIpc) is 3.18. The van der Waals surface area contributed by atoms with Crippen LogP contribution in [0.15, 0.2) is 28.7 Å². The first-order valence-electron chi connectivity index (χ1n) is 8.39. The molecule has 1 N–H and O–H groups in total.